The molecular formula is C18H14F3N3OS. The van der Waals surface area contributed by atoms with Crippen LogP contribution < -0.4 is 10.6 Å². The number of benzene rings is 1. The molecule has 2 heterocycles. The summed E-state index contributed by atoms with van der Waals surface area (Å²) in [5, 5.41) is 6.74. The van der Waals surface area contributed by atoms with Crippen molar-refractivity contribution in [3.63, 3.8) is 0 Å². The molecule has 0 aliphatic carbocycles. The molecule has 0 bridgehead atoms. The molecule has 3 aromatic rings. The molecule has 0 atom stereocenters. The monoisotopic (exact) mass is 377 g/mol. The van der Waals surface area contributed by atoms with Gasteiger partial charge in [0, 0.05) is 29.4 Å². The summed E-state index contributed by atoms with van der Waals surface area (Å²) in [6, 6.07) is 9.88. The highest BCUT2D eigenvalue weighted by Crippen LogP contribution is 2.34. The Kier molecular flexibility index (Phi) is 5.22. The summed E-state index contributed by atoms with van der Waals surface area (Å²) in [5.74, 6) is 0. The number of nitrogens with one attached hydrogen (secondary N) is 2. The number of hydrogen-bond acceptors (Lipinski definition) is 3. The second kappa shape index (κ2) is 7.57. The lowest BCUT2D eigenvalue weighted by atomic mass is 10.1. The van der Waals surface area contributed by atoms with E-state index in [1.54, 1.807) is 23.7 Å². The van der Waals surface area contributed by atoms with E-state index < -0.39 is 17.8 Å². The van der Waals surface area contributed by atoms with E-state index in [1.807, 2.05) is 23.6 Å². The SMILES string of the molecule is O=C(NCc1cncc(-c2cccs2)c1)Nc1ccccc1C(F)(F)F. The van der Waals surface area contributed by atoms with Crippen LogP contribution in [0.2, 0.25) is 0 Å². The number of rotatable bonds is 4. The van der Waals surface area contributed by atoms with Gasteiger partial charge in [-0.15, -0.1) is 11.3 Å². The molecule has 0 radical (unpaired) electrons. The minimum Gasteiger partial charge on any atom is -0.334 e. The molecule has 26 heavy (non-hydrogen) atoms. The van der Waals surface area contributed by atoms with Crippen LogP contribution in [0.1, 0.15) is 11.1 Å². The lowest BCUT2D eigenvalue weighted by Crippen LogP contribution is -2.29. The molecule has 2 amide bonds. The molecule has 0 aliphatic heterocycles. The van der Waals surface area contributed by atoms with Crippen molar-refractivity contribution in [2.45, 2.75) is 12.7 Å². The van der Waals surface area contributed by atoms with Crippen molar-refractivity contribution in [1.29, 1.82) is 0 Å². The number of urea groups is 1. The van der Waals surface area contributed by atoms with E-state index in [0.717, 1.165) is 22.1 Å². The lowest BCUT2D eigenvalue weighted by molar-refractivity contribution is -0.136. The number of alkyl halides is 3. The number of nitrogens with zero attached hydrogens (tertiary/aromatic N) is 1. The molecule has 1 aromatic carbocycles. The van der Waals surface area contributed by atoms with Gasteiger partial charge in [-0.2, -0.15) is 13.2 Å². The Morgan fingerprint density at radius 2 is 1.92 bits per heavy atom. The van der Waals surface area contributed by atoms with Crippen molar-refractivity contribution >= 4 is 23.1 Å². The third-order valence-corrected chi connectivity index (χ3v) is 4.45. The van der Waals surface area contributed by atoms with Gasteiger partial charge in [0.2, 0.25) is 0 Å². The van der Waals surface area contributed by atoms with E-state index in [9.17, 15) is 18.0 Å². The number of carbonyl (C=O) groups excluding carboxylic acids is 1. The first-order valence-corrected chi connectivity index (χ1v) is 8.50. The zero-order valence-electron chi connectivity index (χ0n) is 13.4. The van der Waals surface area contributed by atoms with Gasteiger partial charge in [0.15, 0.2) is 0 Å². The maximum atomic E-state index is 12.9. The third-order valence-electron chi connectivity index (χ3n) is 3.53. The summed E-state index contributed by atoms with van der Waals surface area (Å²) in [7, 11) is 0. The third kappa shape index (κ3) is 4.40. The fourth-order valence-electron chi connectivity index (χ4n) is 2.35. The van der Waals surface area contributed by atoms with Gasteiger partial charge in [-0.05, 0) is 35.2 Å². The number of anilines is 1. The minimum absolute atomic E-state index is 0.145. The van der Waals surface area contributed by atoms with E-state index in [2.05, 4.69) is 15.6 Å². The molecule has 8 heteroatoms. The van der Waals surface area contributed by atoms with Crippen LogP contribution in [0.4, 0.5) is 23.7 Å². The average Bonchev–Trinajstić information content (AvgIpc) is 3.14. The Morgan fingerprint density at radius 1 is 1.12 bits per heavy atom. The van der Waals surface area contributed by atoms with Crippen molar-refractivity contribution < 1.29 is 18.0 Å². The van der Waals surface area contributed by atoms with Crippen LogP contribution in [0.5, 0.6) is 0 Å². The second-order valence-electron chi connectivity index (χ2n) is 5.41. The number of para-hydroxylation sites is 1. The maximum absolute atomic E-state index is 12.9. The van der Waals surface area contributed by atoms with Crippen molar-refractivity contribution in [2.24, 2.45) is 0 Å². The van der Waals surface area contributed by atoms with Gasteiger partial charge >= 0.3 is 12.2 Å². The van der Waals surface area contributed by atoms with Crippen LogP contribution in [-0.2, 0) is 12.7 Å². The lowest BCUT2D eigenvalue weighted by Gasteiger charge is -2.14. The first kappa shape index (κ1) is 17.9. The zero-order valence-corrected chi connectivity index (χ0v) is 14.2. The average molecular weight is 377 g/mol. The molecule has 2 aromatic heterocycles. The second-order valence-corrected chi connectivity index (χ2v) is 6.36. The van der Waals surface area contributed by atoms with Crippen molar-refractivity contribution in [3.05, 3.63) is 71.4 Å². The number of aromatic nitrogens is 1. The van der Waals surface area contributed by atoms with Crippen LogP contribution in [0.15, 0.2) is 60.2 Å². The van der Waals surface area contributed by atoms with E-state index in [1.165, 1.54) is 18.2 Å². The van der Waals surface area contributed by atoms with E-state index in [0.29, 0.717) is 0 Å². The van der Waals surface area contributed by atoms with E-state index in [-0.39, 0.29) is 12.2 Å². The van der Waals surface area contributed by atoms with Gasteiger partial charge in [-0.1, -0.05) is 18.2 Å². The van der Waals surface area contributed by atoms with Crippen LogP contribution in [0, 0.1) is 0 Å². The molecule has 0 unspecified atom stereocenters. The molecule has 4 nitrogen and oxygen atoms in total. The maximum Gasteiger partial charge on any atom is 0.418 e. The summed E-state index contributed by atoms with van der Waals surface area (Å²) in [6.07, 6.45) is -1.22. The Bertz CT molecular complexity index is 895. The Morgan fingerprint density at radius 3 is 2.65 bits per heavy atom. The van der Waals surface area contributed by atoms with E-state index >= 15 is 0 Å². The van der Waals surface area contributed by atoms with Crippen molar-refractivity contribution in [2.75, 3.05) is 5.32 Å². The number of halogens is 3. The molecular weight excluding hydrogens is 363 g/mol. The quantitative estimate of drug-likeness (QED) is 0.661. The van der Waals surface area contributed by atoms with Gasteiger partial charge in [-0.25, -0.2) is 4.79 Å². The number of pyridine rings is 1. The van der Waals surface area contributed by atoms with Crippen LogP contribution >= 0.6 is 11.3 Å². The molecule has 0 saturated carbocycles. The summed E-state index contributed by atoms with van der Waals surface area (Å²) in [4.78, 5) is 17.2. The fraction of sp³-hybridized carbons (Fsp3) is 0.111. The molecule has 0 spiro atoms. The van der Waals surface area contributed by atoms with Crippen LogP contribution in [-0.4, -0.2) is 11.0 Å². The summed E-state index contributed by atoms with van der Waals surface area (Å²) < 4.78 is 38.8. The van der Waals surface area contributed by atoms with Gasteiger partial charge in [0.25, 0.3) is 0 Å². The smallest absolute Gasteiger partial charge is 0.334 e. The molecule has 3 rings (SSSR count). The minimum atomic E-state index is -4.54. The Hall–Kier alpha value is -2.87. The zero-order chi connectivity index (χ0) is 18.6. The molecule has 0 fully saturated rings. The van der Waals surface area contributed by atoms with Gasteiger partial charge in [0.05, 0.1) is 11.3 Å². The van der Waals surface area contributed by atoms with Crippen LogP contribution in [0.25, 0.3) is 10.4 Å². The number of hydrogen-bond donors (Lipinski definition) is 2. The Balaban J connectivity index is 1.65. The highest BCUT2D eigenvalue weighted by molar-refractivity contribution is 7.13. The Labute approximate surface area is 151 Å². The first-order valence-electron chi connectivity index (χ1n) is 7.62. The number of thiophene rings is 1. The molecule has 0 aliphatic rings. The predicted molar refractivity (Wildman–Crippen MR) is 94.9 cm³/mol. The number of amides is 2. The van der Waals surface area contributed by atoms with Gasteiger partial charge in [-0.3, -0.25) is 4.98 Å². The summed E-state index contributed by atoms with van der Waals surface area (Å²) in [5.41, 5.74) is 0.483. The van der Waals surface area contributed by atoms with Crippen molar-refractivity contribution in [1.82, 2.24) is 10.3 Å². The topological polar surface area (TPSA) is 54.0 Å². The van der Waals surface area contributed by atoms with Crippen molar-refractivity contribution in [3.8, 4) is 10.4 Å². The molecule has 2 N–H and O–H groups in total. The first-order chi connectivity index (χ1) is 12.4. The van der Waals surface area contributed by atoms with Gasteiger partial charge in [0.1, 0.15) is 0 Å². The molecule has 134 valence electrons. The summed E-state index contributed by atoms with van der Waals surface area (Å²) in [6.45, 7) is 0.145. The summed E-state index contributed by atoms with van der Waals surface area (Å²) >= 11 is 1.57. The largest absolute Gasteiger partial charge is 0.418 e. The van der Waals surface area contributed by atoms with E-state index in [4.69, 9.17) is 0 Å². The number of carbonyl (C=O) groups is 1. The standard InChI is InChI=1S/C18H14F3N3OS/c19-18(20,21)14-4-1-2-5-15(14)24-17(25)23-10-12-8-13(11-22-9-12)16-6-3-7-26-16/h1-9,11H,10H2,(H2,23,24,25). The highest BCUT2D eigenvalue weighted by Gasteiger charge is 2.33. The molecule has 0 saturated heterocycles. The predicted octanol–water partition coefficient (Wildman–Crippen LogP) is 5.15. The fourth-order valence-corrected chi connectivity index (χ4v) is 3.06. The van der Waals surface area contributed by atoms with Crippen LogP contribution in [0.3, 0.4) is 0 Å². The highest BCUT2D eigenvalue weighted by atomic mass is 32.1. The normalized spacial score (nSPS) is 11.2. The van der Waals surface area contributed by atoms with Gasteiger partial charge < -0.3 is 10.6 Å².